The second-order valence-electron chi connectivity index (χ2n) is 5.59. The van der Waals surface area contributed by atoms with Crippen LogP contribution >= 0.6 is 15.9 Å². The van der Waals surface area contributed by atoms with Crippen molar-refractivity contribution < 1.29 is 5.11 Å². The molecular formula is C18H21BrO. The minimum Gasteiger partial charge on any atom is -0.388 e. The SMILES string of the molecule is Cc1cccc(C(O)Cc2ccc(C(C)C)cc2)c1Br. The summed E-state index contributed by atoms with van der Waals surface area (Å²) in [4.78, 5) is 0. The standard InChI is InChI=1S/C18H21BrO/c1-12(2)15-9-7-14(8-10-15)11-17(20)16-6-4-5-13(3)18(16)19/h4-10,12,17,20H,11H2,1-3H3. The van der Waals surface area contributed by atoms with Gasteiger partial charge in [-0.25, -0.2) is 0 Å². The Bertz CT molecular complexity index is 572. The first-order chi connectivity index (χ1) is 9.49. The van der Waals surface area contributed by atoms with E-state index < -0.39 is 6.10 Å². The largest absolute Gasteiger partial charge is 0.388 e. The molecule has 0 fully saturated rings. The number of aliphatic hydroxyl groups excluding tert-OH is 1. The van der Waals surface area contributed by atoms with Gasteiger partial charge in [0.05, 0.1) is 6.10 Å². The molecule has 1 atom stereocenters. The molecule has 0 aliphatic rings. The van der Waals surface area contributed by atoms with Gasteiger partial charge in [0, 0.05) is 10.9 Å². The van der Waals surface area contributed by atoms with Crippen LogP contribution in [0.15, 0.2) is 46.9 Å². The smallest absolute Gasteiger partial charge is 0.0841 e. The maximum absolute atomic E-state index is 10.4. The quantitative estimate of drug-likeness (QED) is 0.820. The first-order valence-electron chi connectivity index (χ1n) is 7.01. The van der Waals surface area contributed by atoms with Gasteiger partial charge in [0.2, 0.25) is 0 Å². The highest BCUT2D eigenvalue weighted by atomic mass is 79.9. The van der Waals surface area contributed by atoms with Gasteiger partial charge in [0.15, 0.2) is 0 Å². The molecule has 2 aromatic rings. The molecule has 2 rings (SSSR count). The minimum absolute atomic E-state index is 0.478. The zero-order valence-electron chi connectivity index (χ0n) is 12.2. The summed E-state index contributed by atoms with van der Waals surface area (Å²) in [6.07, 6.45) is 0.162. The molecule has 0 aliphatic heterocycles. The van der Waals surface area contributed by atoms with Gasteiger partial charge in [0.1, 0.15) is 0 Å². The minimum atomic E-state index is -0.478. The average molecular weight is 333 g/mol. The van der Waals surface area contributed by atoms with E-state index in [9.17, 15) is 5.11 Å². The normalized spacial score (nSPS) is 12.7. The second-order valence-corrected chi connectivity index (χ2v) is 6.39. The lowest BCUT2D eigenvalue weighted by atomic mass is 9.97. The van der Waals surface area contributed by atoms with Crippen LogP contribution in [-0.4, -0.2) is 5.11 Å². The van der Waals surface area contributed by atoms with Crippen molar-refractivity contribution in [1.82, 2.24) is 0 Å². The Kier molecular flexibility index (Phi) is 5.00. The van der Waals surface area contributed by atoms with E-state index in [0.29, 0.717) is 12.3 Å². The Morgan fingerprint density at radius 1 is 1.05 bits per heavy atom. The van der Waals surface area contributed by atoms with Crippen molar-refractivity contribution in [2.75, 3.05) is 0 Å². The van der Waals surface area contributed by atoms with Gasteiger partial charge in [-0.1, -0.05) is 72.2 Å². The van der Waals surface area contributed by atoms with E-state index in [4.69, 9.17) is 0 Å². The summed E-state index contributed by atoms with van der Waals surface area (Å²) in [6, 6.07) is 14.5. The third-order valence-electron chi connectivity index (χ3n) is 3.66. The van der Waals surface area contributed by atoms with Crippen molar-refractivity contribution in [2.45, 2.75) is 39.2 Å². The van der Waals surface area contributed by atoms with Crippen molar-refractivity contribution in [3.63, 3.8) is 0 Å². The van der Waals surface area contributed by atoms with Gasteiger partial charge >= 0.3 is 0 Å². The Morgan fingerprint density at radius 2 is 1.70 bits per heavy atom. The third kappa shape index (κ3) is 3.50. The summed E-state index contributed by atoms with van der Waals surface area (Å²) in [7, 11) is 0. The predicted octanol–water partition coefficient (Wildman–Crippen LogP) is 5.16. The molecule has 0 aliphatic carbocycles. The van der Waals surface area contributed by atoms with E-state index in [2.05, 4.69) is 54.0 Å². The van der Waals surface area contributed by atoms with Crippen molar-refractivity contribution in [1.29, 1.82) is 0 Å². The molecule has 1 N–H and O–H groups in total. The molecule has 0 aromatic heterocycles. The van der Waals surface area contributed by atoms with Crippen LogP contribution in [0, 0.1) is 6.92 Å². The van der Waals surface area contributed by atoms with E-state index in [0.717, 1.165) is 21.2 Å². The molecule has 2 heteroatoms. The molecule has 0 radical (unpaired) electrons. The molecule has 0 spiro atoms. The molecule has 0 bridgehead atoms. The molecule has 0 saturated carbocycles. The molecular weight excluding hydrogens is 312 g/mol. The van der Waals surface area contributed by atoms with E-state index in [1.165, 1.54) is 5.56 Å². The molecule has 2 aromatic carbocycles. The van der Waals surface area contributed by atoms with Crippen LogP contribution in [0.2, 0.25) is 0 Å². The Labute approximate surface area is 129 Å². The first-order valence-corrected chi connectivity index (χ1v) is 7.80. The second kappa shape index (κ2) is 6.55. The van der Waals surface area contributed by atoms with E-state index >= 15 is 0 Å². The zero-order chi connectivity index (χ0) is 14.7. The maximum Gasteiger partial charge on any atom is 0.0841 e. The highest BCUT2D eigenvalue weighted by Crippen LogP contribution is 2.29. The summed E-state index contributed by atoms with van der Waals surface area (Å²) in [5, 5.41) is 10.4. The number of aliphatic hydroxyl groups is 1. The fourth-order valence-corrected chi connectivity index (χ4v) is 2.83. The number of benzene rings is 2. The fourth-order valence-electron chi connectivity index (χ4n) is 2.30. The maximum atomic E-state index is 10.4. The summed E-state index contributed by atoms with van der Waals surface area (Å²) < 4.78 is 1.01. The van der Waals surface area contributed by atoms with Crippen molar-refractivity contribution in [3.8, 4) is 0 Å². The number of rotatable bonds is 4. The molecule has 1 nitrogen and oxygen atoms in total. The highest BCUT2D eigenvalue weighted by molar-refractivity contribution is 9.10. The number of hydrogen-bond acceptors (Lipinski definition) is 1. The lowest BCUT2D eigenvalue weighted by molar-refractivity contribution is 0.177. The Hall–Kier alpha value is -1.12. The molecule has 20 heavy (non-hydrogen) atoms. The fraction of sp³-hybridized carbons (Fsp3) is 0.333. The molecule has 0 saturated heterocycles. The number of aryl methyl sites for hydroxylation is 1. The third-order valence-corrected chi connectivity index (χ3v) is 4.74. The number of hydrogen-bond donors (Lipinski definition) is 1. The van der Waals surface area contributed by atoms with E-state index in [1.807, 2.05) is 25.1 Å². The Morgan fingerprint density at radius 3 is 2.30 bits per heavy atom. The van der Waals surface area contributed by atoms with E-state index in [-0.39, 0.29) is 0 Å². The Balaban J connectivity index is 2.15. The number of halogens is 1. The van der Waals surface area contributed by atoms with Crippen LogP contribution in [0.3, 0.4) is 0 Å². The van der Waals surface area contributed by atoms with Crippen molar-refractivity contribution in [2.24, 2.45) is 0 Å². The van der Waals surface area contributed by atoms with Gasteiger partial charge in [-0.3, -0.25) is 0 Å². The summed E-state index contributed by atoms with van der Waals surface area (Å²) in [6.45, 7) is 6.42. The van der Waals surface area contributed by atoms with Crippen LogP contribution in [-0.2, 0) is 6.42 Å². The van der Waals surface area contributed by atoms with Gasteiger partial charge in [0.25, 0.3) is 0 Å². The first kappa shape index (κ1) is 15.3. The average Bonchev–Trinajstić information content (AvgIpc) is 2.42. The van der Waals surface area contributed by atoms with Gasteiger partial charge < -0.3 is 5.11 Å². The lowest BCUT2D eigenvalue weighted by Gasteiger charge is -2.15. The van der Waals surface area contributed by atoms with Crippen LogP contribution in [0.4, 0.5) is 0 Å². The van der Waals surface area contributed by atoms with Crippen LogP contribution in [0.5, 0.6) is 0 Å². The molecule has 1 unspecified atom stereocenters. The van der Waals surface area contributed by atoms with Crippen LogP contribution in [0.25, 0.3) is 0 Å². The van der Waals surface area contributed by atoms with Crippen LogP contribution in [0.1, 0.15) is 48.1 Å². The monoisotopic (exact) mass is 332 g/mol. The lowest BCUT2D eigenvalue weighted by Crippen LogP contribution is -2.03. The van der Waals surface area contributed by atoms with Gasteiger partial charge in [-0.05, 0) is 35.1 Å². The zero-order valence-corrected chi connectivity index (χ0v) is 13.8. The topological polar surface area (TPSA) is 20.2 Å². The predicted molar refractivity (Wildman–Crippen MR) is 88.1 cm³/mol. The van der Waals surface area contributed by atoms with Gasteiger partial charge in [-0.2, -0.15) is 0 Å². The van der Waals surface area contributed by atoms with Crippen LogP contribution < -0.4 is 0 Å². The summed E-state index contributed by atoms with van der Waals surface area (Å²) in [5.74, 6) is 0.542. The molecule has 106 valence electrons. The highest BCUT2D eigenvalue weighted by Gasteiger charge is 2.13. The van der Waals surface area contributed by atoms with Crippen molar-refractivity contribution in [3.05, 3.63) is 69.2 Å². The van der Waals surface area contributed by atoms with Gasteiger partial charge in [-0.15, -0.1) is 0 Å². The summed E-state index contributed by atoms with van der Waals surface area (Å²) in [5.41, 5.74) is 4.60. The van der Waals surface area contributed by atoms with E-state index in [1.54, 1.807) is 0 Å². The van der Waals surface area contributed by atoms with Crippen molar-refractivity contribution >= 4 is 15.9 Å². The summed E-state index contributed by atoms with van der Waals surface area (Å²) >= 11 is 3.56. The molecule has 0 heterocycles. The molecule has 0 amide bonds.